The number of anilines is 1. The van der Waals surface area contributed by atoms with Gasteiger partial charge in [-0.15, -0.1) is 11.3 Å². The van der Waals surface area contributed by atoms with Crippen LogP contribution in [-0.4, -0.2) is 12.1 Å². The van der Waals surface area contributed by atoms with Crippen molar-refractivity contribution >= 4 is 34.1 Å². The van der Waals surface area contributed by atoms with Crippen LogP contribution in [0, 0.1) is 5.92 Å². The van der Waals surface area contributed by atoms with E-state index in [1.54, 1.807) is 11.3 Å². The van der Waals surface area contributed by atoms with E-state index in [4.69, 9.17) is 4.99 Å². The molecule has 1 N–H and O–H groups in total. The first-order valence-corrected chi connectivity index (χ1v) is 10.1. The molecule has 1 atom stereocenters. The number of aliphatic imine (C=N–C) groups is 1. The number of hydrogen-bond acceptors (Lipinski definition) is 3. The molecule has 1 aromatic heterocycles. The molecule has 3 nitrogen and oxygen atoms in total. The SMILES string of the molecule is CC1CCc2c(sc(/N=C/c3ccccc3)c2C(=O)Nc2ccccc2)C1. The maximum Gasteiger partial charge on any atom is 0.259 e. The number of fused-ring (bicyclic) bond motifs is 1. The summed E-state index contributed by atoms with van der Waals surface area (Å²) in [6, 6.07) is 19.6. The molecule has 1 amide bonds. The molecule has 4 heteroatoms. The number of para-hydroxylation sites is 1. The minimum absolute atomic E-state index is 0.0616. The summed E-state index contributed by atoms with van der Waals surface area (Å²) < 4.78 is 0. The van der Waals surface area contributed by atoms with Gasteiger partial charge < -0.3 is 5.32 Å². The maximum absolute atomic E-state index is 13.1. The number of hydrogen-bond donors (Lipinski definition) is 1. The number of benzene rings is 2. The van der Waals surface area contributed by atoms with Gasteiger partial charge in [-0.05, 0) is 48.4 Å². The summed E-state index contributed by atoms with van der Waals surface area (Å²) in [4.78, 5) is 19.1. The highest BCUT2D eigenvalue weighted by Gasteiger charge is 2.27. The third-order valence-corrected chi connectivity index (χ3v) is 6.04. The van der Waals surface area contributed by atoms with E-state index in [0.29, 0.717) is 5.92 Å². The van der Waals surface area contributed by atoms with Gasteiger partial charge in [-0.3, -0.25) is 4.79 Å². The number of amides is 1. The van der Waals surface area contributed by atoms with E-state index in [1.807, 2.05) is 66.9 Å². The topological polar surface area (TPSA) is 41.5 Å². The van der Waals surface area contributed by atoms with Gasteiger partial charge >= 0.3 is 0 Å². The van der Waals surface area contributed by atoms with Crippen LogP contribution in [0.2, 0.25) is 0 Å². The number of rotatable bonds is 4. The van der Waals surface area contributed by atoms with Crippen LogP contribution in [0.1, 0.15) is 39.7 Å². The summed E-state index contributed by atoms with van der Waals surface area (Å²) in [5, 5.41) is 3.85. The molecule has 136 valence electrons. The van der Waals surface area contributed by atoms with E-state index in [1.165, 1.54) is 10.4 Å². The van der Waals surface area contributed by atoms with Crippen molar-refractivity contribution < 1.29 is 4.79 Å². The number of nitrogens with one attached hydrogen (secondary N) is 1. The van der Waals surface area contributed by atoms with Gasteiger partial charge in [-0.25, -0.2) is 4.99 Å². The van der Waals surface area contributed by atoms with Crippen molar-refractivity contribution in [2.45, 2.75) is 26.2 Å². The first kappa shape index (κ1) is 17.7. The Hall–Kier alpha value is -2.72. The van der Waals surface area contributed by atoms with Crippen LogP contribution in [0.15, 0.2) is 65.7 Å². The van der Waals surface area contributed by atoms with E-state index in [2.05, 4.69) is 12.2 Å². The smallest absolute Gasteiger partial charge is 0.259 e. The summed E-state index contributed by atoms with van der Waals surface area (Å²) in [5.41, 5.74) is 3.78. The molecule has 1 aliphatic carbocycles. The van der Waals surface area contributed by atoms with Crippen LogP contribution in [-0.2, 0) is 12.8 Å². The number of nitrogens with zero attached hydrogens (tertiary/aromatic N) is 1. The molecule has 0 bridgehead atoms. The number of carbonyl (C=O) groups is 1. The van der Waals surface area contributed by atoms with Crippen molar-refractivity contribution in [2.75, 3.05) is 5.32 Å². The highest BCUT2D eigenvalue weighted by atomic mass is 32.1. The summed E-state index contributed by atoms with van der Waals surface area (Å²) in [6.07, 6.45) is 4.95. The van der Waals surface area contributed by atoms with Gasteiger partial charge in [-0.1, -0.05) is 55.5 Å². The quantitative estimate of drug-likeness (QED) is 0.570. The molecule has 1 heterocycles. The molecule has 0 saturated carbocycles. The molecule has 3 aromatic rings. The van der Waals surface area contributed by atoms with E-state index in [-0.39, 0.29) is 5.91 Å². The predicted molar refractivity (Wildman–Crippen MR) is 114 cm³/mol. The van der Waals surface area contributed by atoms with Gasteiger partial charge in [0.2, 0.25) is 0 Å². The van der Waals surface area contributed by atoms with Gasteiger partial charge in [0, 0.05) is 16.8 Å². The Morgan fingerprint density at radius 1 is 1.11 bits per heavy atom. The molecule has 0 radical (unpaired) electrons. The highest BCUT2D eigenvalue weighted by Crippen LogP contribution is 2.41. The normalized spacial score (nSPS) is 16.3. The highest BCUT2D eigenvalue weighted by molar-refractivity contribution is 7.16. The number of thiophene rings is 1. The lowest BCUT2D eigenvalue weighted by molar-refractivity contribution is 0.102. The van der Waals surface area contributed by atoms with E-state index in [0.717, 1.165) is 41.1 Å². The van der Waals surface area contributed by atoms with Crippen LogP contribution in [0.25, 0.3) is 0 Å². The summed E-state index contributed by atoms with van der Waals surface area (Å²) in [5.74, 6) is 0.598. The lowest BCUT2D eigenvalue weighted by atomic mass is 9.88. The second kappa shape index (κ2) is 7.89. The van der Waals surface area contributed by atoms with Crippen molar-refractivity contribution in [2.24, 2.45) is 10.9 Å². The summed E-state index contributed by atoms with van der Waals surface area (Å²) in [6.45, 7) is 2.28. The Balaban J connectivity index is 1.69. The standard InChI is InChI=1S/C23H22N2OS/c1-16-12-13-19-20(14-16)27-23(24-15-17-8-4-2-5-9-17)21(19)22(26)25-18-10-6-3-7-11-18/h2-11,15-16H,12-14H2,1H3,(H,25,26)/b24-15+. The molecular formula is C23H22N2OS. The van der Waals surface area contributed by atoms with Crippen LogP contribution in [0.4, 0.5) is 10.7 Å². The van der Waals surface area contributed by atoms with Crippen LogP contribution in [0.3, 0.4) is 0 Å². The fourth-order valence-electron chi connectivity index (χ4n) is 3.45. The summed E-state index contributed by atoms with van der Waals surface area (Å²) in [7, 11) is 0. The molecule has 0 spiro atoms. The first-order valence-electron chi connectivity index (χ1n) is 9.31. The Kier molecular flexibility index (Phi) is 5.16. The molecule has 2 aromatic carbocycles. The van der Waals surface area contributed by atoms with Crippen molar-refractivity contribution in [3.05, 3.63) is 82.2 Å². The fourth-order valence-corrected chi connectivity index (χ4v) is 4.80. The van der Waals surface area contributed by atoms with E-state index < -0.39 is 0 Å². The second-order valence-electron chi connectivity index (χ2n) is 7.02. The van der Waals surface area contributed by atoms with Crippen molar-refractivity contribution in [3.8, 4) is 0 Å². The zero-order valence-electron chi connectivity index (χ0n) is 15.3. The largest absolute Gasteiger partial charge is 0.322 e. The van der Waals surface area contributed by atoms with Crippen molar-refractivity contribution in [1.82, 2.24) is 0 Å². The van der Waals surface area contributed by atoms with Gasteiger partial charge in [0.25, 0.3) is 5.91 Å². The Morgan fingerprint density at radius 2 is 1.81 bits per heavy atom. The maximum atomic E-state index is 13.1. The molecule has 1 unspecified atom stereocenters. The van der Waals surface area contributed by atoms with Gasteiger partial charge in [0.1, 0.15) is 5.00 Å². The molecule has 27 heavy (non-hydrogen) atoms. The van der Waals surface area contributed by atoms with Crippen LogP contribution < -0.4 is 5.32 Å². The average Bonchev–Trinajstić information content (AvgIpc) is 3.05. The van der Waals surface area contributed by atoms with Crippen LogP contribution in [0.5, 0.6) is 0 Å². The lowest BCUT2D eigenvalue weighted by Crippen LogP contribution is -2.16. The fraction of sp³-hybridized carbons (Fsp3) is 0.217. The monoisotopic (exact) mass is 374 g/mol. The summed E-state index contributed by atoms with van der Waals surface area (Å²) >= 11 is 1.67. The minimum Gasteiger partial charge on any atom is -0.322 e. The average molecular weight is 375 g/mol. The predicted octanol–water partition coefficient (Wildman–Crippen LogP) is 5.88. The Bertz CT molecular complexity index is 961. The van der Waals surface area contributed by atoms with E-state index >= 15 is 0 Å². The van der Waals surface area contributed by atoms with Crippen molar-refractivity contribution in [3.63, 3.8) is 0 Å². The molecular weight excluding hydrogens is 352 g/mol. The second-order valence-corrected chi connectivity index (χ2v) is 8.10. The Morgan fingerprint density at radius 3 is 2.56 bits per heavy atom. The van der Waals surface area contributed by atoms with Crippen molar-refractivity contribution in [1.29, 1.82) is 0 Å². The Labute approximate surface area is 163 Å². The van der Waals surface area contributed by atoms with E-state index in [9.17, 15) is 4.79 Å². The zero-order chi connectivity index (χ0) is 18.6. The molecule has 0 saturated heterocycles. The molecule has 0 aliphatic heterocycles. The van der Waals surface area contributed by atoms with Gasteiger partial charge in [-0.2, -0.15) is 0 Å². The molecule has 1 aliphatic rings. The zero-order valence-corrected chi connectivity index (χ0v) is 16.1. The lowest BCUT2D eigenvalue weighted by Gasteiger charge is -2.18. The minimum atomic E-state index is -0.0616. The van der Waals surface area contributed by atoms with Gasteiger partial charge in [0.05, 0.1) is 5.56 Å². The van der Waals surface area contributed by atoms with Gasteiger partial charge in [0.15, 0.2) is 0 Å². The van der Waals surface area contributed by atoms with Crippen LogP contribution >= 0.6 is 11.3 Å². The molecule has 4 rings (SSSR count). The first-order chi connectivity index (χ1) is 13.2. The third kappa shape index (κ3) is 4.01. The number of carbonyl (C=O) groups excluding carboxylic acids is 1. The molecule has 0 fully saturated rings. The third-order valence-electron chi connectivity index (χ3n) is 4.88.